The van der Waals surface area contributed by atoms with E-state index in [0.29, 0.717) is 44.0 Å². The maximum absolute atomic E-state index is 13.4. The molecule has 4 N–H and O–H groups in total. The molecule has 1 fully saturated rings. The zero-order valence-electron chi connectivity index (χ0n) is 31.2. The lowest BCUT2D eigenvalue weighted by molar-refractivity contribution is -0.127. The molecular formula is C37H64N4O7S. The first-order valence-electron chi connectivity index (χ1n) is 18.0. The number of para-hydroxylation sites is 1. The maximum Gasteiger partial charge on any atom is 0.407 e. The number of hydrogen-bond donors (Lipinski definition) is 4. The second-order valence-corrected chi connectivity index (χ2v) is 15.9. The second-order valence-electron chi connectivity index (χ2n) is 14.6. The number of alkyl carbamates (subject to hydrolysis) is 1. The van der Waals surface area contributed by atoms with Gasteiger partial charge in [-0.1, -0.05) is 39.8 Å². The van der Waals surface area contributed by atoms with Gasteiger partial charge in [0.25, 0.3) is 5.91 Å². The highest BCUT2D eigenvalue weighted by Crippen LogP contribution is 2.25. The van der Waals surface area contributed by atoms with Crippen LogP contribution in [0.25, 0.3) is 0 Å². The van der Waals surface area contributed by atoms with E-state index in [1.165, 1.54) is 0 Å². The summed E-state index contributed by atoms with van der Waals surface area (Å²) in [4.78, 5) is 42.1. The van der Waals surface area contributed by atoms with Crippen molar-refractivity contribution in [1.82, 2.24) is 20.9 Å². The molecular weight excluding hydrogens is 644 g/mol. The Hall–Kier alpha value is -2.54. The normalized spacial score (nSPS) is 16.5. The van der Waals surface area contributed by atoms with Gasteiger partial charge in [-0.3, -0.25) is 14.5 Å². The predicted molar refractivity (Wildman–Crippen MR) is 197 cm³/mol. The zero-order chi connectivity index (χ0) is 36.4. The van der Waals surface area contributed by atoms with Crippen LogP contribution in [0.2, 0.25) is 0 Å². The van der Waals surface area contributed by atoms with Crippen molar-refractivity contribution in [3.63, 3.8) is 0 Å². The van der Waals surface area contributed by atoms with Crippen molar-refractivity contribution in [2.24, 2.45) is 23.7 Å². The maximum atomic E-state index is 13.4. The topological polar surface area (TPSA) is 138 Å². The average molecular weight is 709 g/mol. The molecule has 1 heterocycles. The van der Waals surface area contributed by atoms with Crippen molar-refractivity contribution in [2.75, 3.05) is 64.6 Å². The summed E-state index contributed by atoms with van der Waals surface area (Å²) in [6.45, 7) is 18.3. The van der Waals surface area contributed by atoms with Crippen molar-refractivity contribution < 1.29 is 33.7 Å². The number of carbonyl (C=O) groups is 3. The van der Waals surface area contributed by atoms with Crippen LogP contribution in [0.15, 0.2) is 24.3 Å². The molecule has 4 atom stereocenters. The van der Waals surface area contributed by atoms with Crippen LogP contribution in [0.1, 0.15) is 84.5 Å². The lowest BCUT2D eigenvalue weighted by Crippen LogP contribution is -2.49. The molecule has 1 aromatic rings. The van der Waals surface area contributed by atoms with Gasteiger partial charge in [-0.05, 0) is 76.3 Å². The van der Waals surface area contributed by atoms with E-state index >= 15 is 0 Å². The minimum absolute atomic E-state index is 0.0225. The fourth-order valence-electron chi connectivity index (χ4n) is 5.72. The summed E-state index contributed by atoms with van der Waals surface area (Å²) in [5, 5.41) is 20.7. The minimum atomic E-state index is -1.02. The summed E-state index contributed by atoms with van der Waals surface area (Å²) in [6, 6.07) is 6.46. The fraction of sp³-hybridized carbons (Fsp3) is 0.757. The summed E-state index contributed by atoms with van der Waals surface area (Å²) < 4.78 is 16.6. The summed E-state index contributed by atoms with van der Waals surface area (Å²) in [7, 11) is 1.67. The Morgan fingerprint density at radius 3 is 2.27 bits per heavy atom. The Labute approximate surface area is 299 Å². The number of thioether (sulfide) groups is 1. The SMILES string of the molecule is COCCCCOc1ccccc1C(=O)NC[C@@H](C[C@H](NC(=O)OC(C)(C)C)[C@@H](O)C[C@H](C(=O)NCCN1CCSCC1)C(C)C)C(C)C. The fourth-order valence-corrected chi connectivity index (χ4v) is 6.70. The Kier molecular flexibility index (Phi) is 19.4. The molecule has 1 aromatic carbocycles. The number of hydrogen-bond acceptors (Lipinski definition) is 9. The van der Waals surface area contributed by atoms with Crippen LogP contribution >= 0.6 is 11.8 Å². The second kappa shape index (κ2) is 22.3. The largest absolute Gasteiger partial charge is 0.493 e. The van der Waals surface area contributed by atoms with Crippen LogP contribution in [-0.4, -0.2) is 110 Å². The van der Waals surface area contributed by atoms with Crippen molar-refractivity contribution in [1.29, 1.82) is 0 Å². The van der Waals surface area contributed by atoms with Crippen LogP contribution in [0.5, 0.6) is 5.75 Å². The number of ether oxygens (including phenoxy) is 3. The van der Waals surface area contributed by atoms with E-state index in [4.69, 9.17) is 14.2 Å². The van der Waals surface area contributed by atoms with E-state index in [1.54, 1.807) is 46.1 Å². The van der Waals surface area contributed by atoms with E-state index in [9.17, 15) is 19.5 Å². The van der Waals surface area contributed by atoms with E-state index in [2.05, 4.69) is 34.7 Å². The third-order valence-electron chi connectivity index (χ3n) is 8.79. The molecule has 1 saturated heterocycles. The molecule has 0 radical (unpaired) electrons. The van der Waals surface area contributed by atoms with E-state index in [-0.39, 0.29) is 36.0 Å². The third kappa shape index (κ3) is 16.8. The molecule has 0 aromatic heterocycles. The molecule has 1 aliphatic heterocycles. The van der Waals surface area contributed by atoms with Gasteiger partial charge in [0.15, 0.2) is 0 Å². The molecule has 11 nitrogen and oxygen atoms in total. The van der Waals surface area contributed by atoms with Gasteiger partial charge in [0.05, 0.1) is 24.3 Å². The molecule has 1 aliphatic rings. The standard InChI is InChI=1S/C37H64N4O7S/c1-26(2)28(25-39-34(43)29-13-9-10-14-33(29)47-20-12-11-19-46-8)23-31(40-36(45)48-37(5,6)7)32(42)24-30(27(3)4)35(44)38-15-16-41-17-21-49-22-18-41/h9-10,13-14,26-28,30-32,42H,11-12,15-25H2,1-8H3,(H,38,44)(H,39,43)(H,40,45)/t28-,30+,31+,32+/m1/s1. The summed E-state index contributed by atoms with van der Waals surface area (Å²) in [5.41, 5.74) is -0.275. The Balaban J connectivity index is 2.12. The monoisotopic (exact) mass is 708 g/mol. The van der Waals surface area contributed by atoms with Crippen LogP contribution in [0, 0.1) is 23.7 Å². The molecule has 0 saturated carbocycles. The molecule has 0 spiro atoms. The van der Waals surface area contributed by atoms with Crippen molar-refractivity contribution in [3.05, 3.63) is 29.8 Å². The molecule has 0 aliphatic carbocycles. The first kappa shape index (κ1) is 42.6. The highest BCUT2D eigenvalue weighted by Gasteiger charge is 2.33. The Bertz CT molecular complexity index is 1120. The first-order valence-corrected chi connectivity index (χ1v) is 19.1. The quantitative estimate of drug-likeness (QED) is 0.131. The number of benzene rings is 1. The van der Waals surface area contributed by atoms with Gasteiger partial charge in [0.2, 0.25) is 5.91 Å². The highest BCUT2D eigenvalue weighted by atomic mass is 32.2. The van der Waals surface area contributed by atoms with Gasteiger partial charge in [-0.2, -0.15) is 11.8 Å². The summed E-state index contributed by atoms with van der Waals surface area (Å²) in [5.74, 6) is 1.93. The number of rotatable bonds is 21. The Morgan fingerprint density at radius 2 is 1.63 bits per heavy atom. The number of carbonyl (C=O) groups excluding carboxylic acids is 3. The van der Waals surface area contributed by atoms with Crippen molar-refractivity contribution >= 4 is 29.7 Å². The van der Waals surface area contributed by atoms with E-state index in [1.807, 2.05) is 31.7 Å². The van der Waals surface area contributed by atoms with Gasteiger partial charge >= 0.3 is 6.09 Å². The summed E-state index contributed by atoms with van der Waals surface area (Å²) in [6.07, 6.45) is 0.571. The van der Waals surface area contributed by atoms with Crippen LogP contribution in [0.4, 0.5) is 4.79 Å². The van der Waals surface area contributed by atoms with Gasteiger partial charge < -0.3 is 35.3 Å². The van der Waals surface area contributed by atoms with Crippen molar-refractivity contribution in [3.8, 4) is 5.75 Å². The summed E-state index contributed by atoms with van der Waals surface area (Å²) >= 11 is 1.95. The molecule has 2 rings (SSSR count). The average Bonchev–Trinajstić information content (AvgIpc) is 3.04. The number of nitrogens with one attached hydrogen (secondary N) is 3. The van der Waals surface area contributed by atoms with Crippen LogP contribution in [0.3, 0.4) is 0 Å². The highest BCUT2D eigenvalue weighted by molar-refractivity contribution is 7.99. The molecule has 0 bridgehead atoms. The van der Waals surface area contributed by atoms with E-state index in [0.717, 1.165) is 44.0 Å². The lowest BCUT2D eigenvalue weighted by Gasteiger charge is -2.33. The predicted octanol–water partition coefficient (Wildman–Crippen LogP) is 4.97. The number of nitrogens with zero attached hydrogens (tertiary/aromatic N) is 1. The molecule has 12 heteroatoms. The first-order chi connectivity index (χ1) is 23.2. The zero-order valence-corrected chi connectivity index (χ0v) is 32.0. The smallest absolute Gasteiger partial charge is 0.407 e. The van der Waals surface area contributed by atoms with E-state index < -0.39 is 29.8 Å². The number of methoxy groups -OCH3 is 1. The van der Waals surface area contributed by atoms with Gasteiger partial charge in [0, 0.05) is 63.9 Å². The third-order valence-corrected chi connectivity index (χ3v) is 9.73. The Morgan fingerprint density at radius 1 is 0.959 bits per heavy atom. The molecule has 49 heavy (non-hydrogen) atoms. The minimum Gasteiger partial charge on any atom is -0.493 e. The molecule has 3 amide bonds. The number of aliphatic hydroxyl groups excluding tert-OH is 1. The molecule has 0 unspecified atom stereocenters. The van der Waals surface area contributed by atoms with Gasteiger partial charge in [-0.15, -0.1) is 0 Å². The van der Waals surface area contributed by atoms with Gasteiger partial charge in [0.1, 0.15) is 11.4 Å². The molecule has 280 valence electrons. The van der Waals surface area contributed by atoms with Crippen molar-refractivity contribution in [2.45, 2.75) is 91.9 Å². The van der Waals surface area contributed by atoms with Crippen LogP contribution in [-0.2, 0) is 14.3 Å². The lowest BCUT2D eigenvalue weighted by atomic mass is 9.82. The number of unbranched alkanes of at least 4 members (excludes halogenated alkanes) is 1. The van der Waals surface area contributed by atoms with Crippen LogP contribution < -0.4 is 20.7 Å². The van der Waals surface area contributed by atoms with Gasteiger partial charge in [-0.25, -0.2) is 4.79 Å². The number of amides is 3. The number of aliphatic hydroxyl groups is 1.